The first-order valence-electron chi connectivity index (χ1n) is 4.21. The van der Waals surface area contributed by atoms with Crippen molar-refractivity contribution in [3.8, 4) is 5.75 Å². The van der Waals surface area contributed by atoms with Gasteiger partial charge in [-0.25, -0.2) is 0 Å². The molecule has 2 nitrogen and oxygen atoms in total. The van der Waals surface area contributed by atoms with Crippen LogP contribution >= 0.6 is 0 Å². The van der Waals surface area contributed by atoms with E-state index in [4.69, 9.17) is 4.74 Å². The van der Waals surface area contributed by atoms with Crippen LogP contribution in [0.15, 0.2) is 36.9 Å². The maximum atomic E-state index is 9.61. The highest BCUT2D eigenvalue weighted by atomic mass is 16.5. The zero-order valence-electron chi connectivity index (χ0n) is 7.73. The molecule has 0 saturated heterocycles. The minimum Gasteiger partial charge on any atom is -0.497 e. The van der Waals surface area contributed by atoms with Crippen molar-refractivity contribution in [1.29, 1.82) is 0 Å². The highest BCUT2D eigenvalue weighted by Crippen LogP contribution is 2.21. The van der Waals surface area contributed by atoms with E-state index in [1.165, 1.54) is 0 Å². The Kier molecular flexibility index (Phi) is 3.53. The van der Waals surface area contributed by atoms with Gasteiger partial charge in [0.15, 0.2) is 0 Å². The monoisotopic (exact) mass is 178 g/mol. The Bertz CT molecular complexity index is 281. The molecule has 70 valence electrons. The lowest BCUT2D eigenvalue weighted by Crippen LogP contribution is -1.95. The fourth-order valence-electron chi connectivity index (χ4n) is 1.14. The topological polar surface area (TPSA) is 29.5 Å². The first-order chi connectivity index (χ1) is 6.27. The molecule has 1 atom stereocenters. The van der Waals surface area contributed by atoms with Crippen LogP contribution in [0.3, 0.4) is 0 Å². The summed E-state index contributed by atoms with van der Waals surface area (Å²) >= 11 is 0. The van der Waals surface area contributed by atoms with Crippen molar-refractivity contribution in [2.75, 3.05) is 7.11 Å². The average molecular weight is 178 g/mol. The van der Waals surface area contributed by atoms with Gasteiger partial charge in [0.05, 0.1) is 13.2 Å². The summed E-state index contributed by atoms with van der Waals surface area (Å²) in [6.07, 6.45) is 1.78. The molecule has 0 heterocycles. The number of aliphatic hydroxyl groups excluding tert-OH is 1. The van der Waals surface area contributed by atoms with Crippen LogP contribution in [0.2, 0.25) is 0 Å². The Morgan fingerprint density at radius 3 is 3.00 bits per heavy atom. The second kappa shape index (κ2) is 4.67. The Balaban J connectivity index is 2.81. The molecule has 0 aliphatic rings. The minimum absolute atomic E-state index is 0.479. The summed E-state index contributed by atoms with van der Waals surface area (Å²) in [5.74, 6) is 0.764. The van der Waals surface area contributed by atoms with Gasteiger partial charge in [0.2, 0.25) is 0 Å². The van der Waals surface area contributed by atoms with Crippen LogP contribution in [-0.4, -0.2) is 12.2 Å². The fraction of sp³-hybridized carbons (Fsp3) is 0.273. The molecule has 0 saturated carbocycles. The Morgan fingerprint density at radius 1 is 1.62 bits per heavy atom. The van der Waals surface area contributed by atoms with Gasteiger partial charge in [0.1, 0.15) is 5.75 Å². The zero-order valence-corrected chi connectivity index (χ0v) is 7.73. The summed E-state index contributed by atoms with van der Waals surface area (Å²) < 4.78 is 5.05. The first kappa shape index (κ1) is 9.81. The van der Waals surface area contributed by atoms with Crippen molar-refractivity contribution in [3.63, 3.8) is 0 Å². The lowest BCUT2D eigenvalue weighted by molar-refractivity contribution is 0.181. The fourth-order valence-corrected chi connectivity index (χ4v) is 1.14. The Hall–Kier alpha value is -1.28. The largest absolute Gasteiger partial charge is 0.497 e. The maximum absolute atomic E-state index is 9.61. The zero-order chi connectivity index (χ0) is 9.68. The van der Waals surface area contributed by atoms with Gasteiger partial charge < -0.3 is 9.84 Å². The van der Waals surface area contributed by atoms with E-state index in [1.54, 1.807) is 13.2 Å². The standard InChI is InChI=1S/C11H14O2/c1-3-5-11(12)9-6-4-7-10(8-9)13-2/h3-4,6-8,11-12H,1,5H2,2H3. The third-order valence-corrected chi connectivity index (χ3v) is 1.87. The summed E-state index contributed by atoms with van der Waals surface area (Å²) in [6.45, 7) is 3.58. The van der Waals surface area contributed by atoms with Crippen molar-refractivity contribution >= 4 is 0 Å². The van der Waals surface area contributed by atoms with E-state index in [9.17, 15) is 5.11 Å². The van der Waals surface area contributed by atoms with Gasteiger partial charge in [-0.1, -0.05) is 18.2 Å². The minimum atomic E-state index is -0.479. The molecule has 0 bridgehead atoms. The summed E-state index contributed by atoms with van der Waals surface area (Å²) in [7, 11) is 1.61. The van der Waals surface area contributed by atoms with Crippen molar-refractivity contribution in [1.82, 2.24) is 0 Å². The molecule has 1 rings (SSSR count). The van der Waals surface area contributed by atoms with Gasteiger partial charge in [0.25, 0.3) is 0 Å². The third kappa shape index (κ3) is 2.60. The number of aliphatic hydroxyl groups is 1. The van der Waals surface area contributed by atoms with Crippen LogP contribution in [-0.2, 0) is 0 Å². The third-order valence-electron chi connectivity index (χ3n) is 1.87. The Labute approximate surface area is 78.5 Å². The number of methoxy groups -OCH3 is 1. The van der Waals surface area contributed by atoms with E-state index in [-0.39, 0.29) is 0 Å². The van der Waals surface area contributed by atoms with Gasteiger partial charge in [-0.15, -0.1) is 6.58 Å². The van der Waals surface area contributed by atoms with Crippen LogP contribution < -0.4 is 4.74 Å². The summed E-state index contributed by atoms with van der Waals surface area (Å²) in [4.78, 5) is 0. The van der Waals surface area contributed by atoms with Gasteiger partial charge in [-0.3, -0.25) is 0 Å². The molecule has 13 heavy (non-hydrogen) atoms. The van der Waals surface area contributed by atoms with Crippen molar-refractivity contribution in [3.05, 3.63) is 42.5 Å². The molecule has 0 radical (unpaired) electrons. The van der Waals surface area contributed by atoms with Crippen LogP contribution in [0.1, 0.15) is 18.1 Å². The van der Waals surface area contributed by atoms with Crippen LogP contribution in [0.4, 0.5) is 0 Å². The lowest BCUT2D eigenvalue weighted by Gasteiger charge is -2.09. The molecule has 0 aliphatic heterocycles. The van der Waals surface area contributed by atoms with Crippen LogP contribution in [0.25, 0.3) is 0 Å². The van der Waals surface area contributed by atoms with Gasteiger partial charge in [-0.05, 0) is 24.1 Å². The van der Waals surface area contributed by atoms with E-state index in [0.717, 1.165) is 11.3 Å². The maximum Gasteiger partial charge on any atom is 0.119 e. The predicted octanol–water partition coefficient (Wildman–Crippen LogP) is 2.30. The molecule has 0 fully saturated rings. The molecule has 0 aliphatic carbocycles. The summed E-state index contributed by atoms with van der Waals surface area (Å²) in [6, 6.07) is 7.41. The van der Waals surface area contributed by atoms with E-state index in [0.29, 0.717) is 6.42 Å². The second-order valence-corrected chi connectivity index (χ2v) is 2.82. The number of hydrogen-bond acceptors (Lipinski definition) is 2. The highest BCUT2D eigenvalue weighted by molar-refractivity contribution is 5.29. The van der Waals surface area contributed by atoms with Gasteiger partial charge in [0, 0.05) is 0 Å². The van der Waals surface area contributed by atoms with Crippen LogP contribution in [0.5, 0.6) is 5.75 Å². The summed E-state index contributed by atoms with van der Waals surface area (Å²) in [5.41, 5.74) is 0.860. The molecule has 0 spiro atoms. The molecule has 0 amide bonds. The molecule has 1 N–H and O–H groups in total. The van der Waals surface area contributed by atoms with Crippen molar-refractivity contribution < 1.29 is 9.84 Å². The van der Waals surface area contributed by atoms with E-state index in [2.05, 4.69) is 6.58 Å². The van der Waals surface area contributed by atoms with Crippen molar-refractivity contribution in [2.24, 2.45) is 0 Å². The molecule has 1 aromatic carbocycles. The van der Waals surface area contributed by atoms with Crippen LogP contribution in [0, 0.1) is 0 Å². The molecule has 0 aromatic heterocycles. The van der Waals surface area contributed by atoms with E-state index in [1.807, 2.05) is 24.3 Å². The predicted molar refractivity (Wildman–Crippen MR) is 52.8 cm³/mol. The quantitative estimate of drug-likeness (QED) is 0.717. The number of hydrogen-bond donors (Lipinski definition) is 1. The average Bonchev–Trinajstić information content (AvgIpc) is 2.18. The second-order valence-electron chi connectivity index (χ2n) is 2.82. The molecule has 2 heteroatoms. The number of benzene rings is 1. The smallest absolute Gasteiger partial charge is 0.119 e. The van der Waals surface area contributed by atoms with E-state index < -0.39 is 6.10 Å². The molecule has 1 aromatic rings. The SMILES string of the molecule is C=CCC(O)c1cccc(OC)c1. The van der Waals surface area contributed by atoms with Gasteiger partial charge in [-0.2, -0.15) is 0 Å². The highest BCUT2D eigenvalue weighted by Gasteiger charge is 2.05. The molecule has 1 unspecified atom stereocenters. The number of rotatable bonds is 4. The summed E-state index contributed by atoms with van der Waals surface area (Å²) in [5, 5.41) is 9.61. The van der Waals surface area contributed by atoms with Crippen molar-refractivity contribution in [2.45, 2.75) is 12.5 Å². The molecular weight excluding hydrogens is 164 g/mol. The first-order valence-corrected chi connectivity index (χ1v) is 4.21. The normalized spacial score (nSPS) is 12.2. The Morgan fingerprint density at radius 2 is 2.38 bits per heavy atom. The van der Waals surface area contributed by atoms with E-state index >= 15 is 0 Å². The lowest BCUT2D eigenvalue weighted by atomic mass is 10.1. The number of ether oxygens (including phenoxy) is 1. The van der Waals surface area contributed by atoms with Gasteiger partial charge >= 0.3 is 0 Å². The molecular formula is C11H14O2.